The second kappa shape index (κ2) is 4.68. The molecule has 1 aliphatic rings. The van der Waals surface area contributed by atoms with Crippen molar-refractivity contribution in [3.8, 4) is 0 Å². The minimum absolute atomic E-state index is 0.172. The van der Waals surface area contributed by atoms with Crippen LogP contribution in [0, 0.1) is 4.77 Å². The van der Waals surface area contributed by atoms with Gasteiger partial charge in [-0.25, -0.2) is 0 Å². The molecular formula is C15H14N4OS. The summed E-state index contributed by atoms with van der Waals surface area (Å²) in [6.07, 6.45) is 1.76. The Hall–Kier alpha value is -2.18. The number of rotatable bonds is 2. The number of nitrogens with one attached hydrogen (secondary N) is 3. The molecule has 0 spiro atoms. The molecule has 4 rings (SSSR count). The molecule has 3 aromatic rings. The van der Waals surface area contributed by atoms with Gasteiger partial charge in [0.2, 0.25) is 0 Å². The van der Waals surface area contributed by atoms with Crippen LogP contribution in [-0.4, -0.2) is 14.5 Å². The SMILES string of the molecule is O=c1[nH]c(=S)n(Cc2ccc3c(c2)CNC3)c2cc[nH]c12. The van der Waals surface area contributed by atoms with Crippen molar-refractivity contribution < 1.29 is 0 Å². The van der Waals surface area contributed by atoms with E-state index in [0.29, 0.717) is 16.8 Å². The summed E-state index contributed by atoms with van der Waals surface area (Å²) in [6.45, 7) is 2.51. The van der Waals surface area contributed by atoms with Crippen LogP contribution >= 0.6 is 12.2 Å². The largest absolute Gasteiger partial charge is 0.355 e. The Morgan fingerprint density at radius 2 is 2.05 bits per heavy atom. The smallest absolute Gasteiger partial charge is 0.276 e. The molecule has 21 heavy (non-hydrogen) atoms. The lowest BCUT2D eigenvalue weighted by atomic mass is 10.1. The molecule has 0 saturated carbocycles. The third-order valence-electron chi connectivity index (χ3n) is 3.95. The van der Waals surface area contributed by atoms with E-state index in [9.17, 15) is 4.79 Å². The number of benzene rings is 1. The zero-order valence-corrected chi connectivity index (χ0v) is 12.1. The van der Waals surface area contributed by atoms with Gasteiger partial charge in [-0.1, -0.05) is 18.2 Å². The Bertz CT molecular complexity index is 950. The summed E-state index contributed by atoms with van der Waals surface area (Å²) >= 11 is 5.31. The van der Waals surface area contributed by atoms with Gasteiger partial charge in [-0.2, -0.15) is 0 Å². The fraction of sp³-hybridized carbons (Fsp3) is 0.200. The highest BCUT2D eigenvalue weighted by atomic mass is 32.1. The maximum Gasteiger partial charge on any atom is 0.276 e. The number of hydrogen-bond acceptors (Lipinski definition) is 3. The van der Waals surface area contributed by atoms with Gasteiger partial charge in [0, 0.05) is 19.3 Å². The molecule has 3 heterocycles. The normalized spacial score (nSPS) is 13.7. The summed E-state index contributed by atoms with van der Waals surface area (Å²) in [4.78, 5) is 17.5. The molecule has 1 aromatic carbocycles. The van der Waals surface area contributed by atoms with Crippen molar-refractivity contribution in [3.05, 3.63) is 62.3 Å². The van der Waals surface area contributed by atoms with Gasteiger partial charge in [0.25, 0.3) is 5.56 Å². The van der Waals surface area contributed by atoms with E-state index in [1.54, 1.807) is 6.20 Å². The van der Waals surface area contributed by atoms with E-state index in [1.165, 1.54) is 16.7 Å². The third kappa shape index (κ3) is 2.03. The van der Waals surface area contributed by atoms with Gasteiger partial charge >= 0.3 is 0 Å². The number of fused-ring (bicyclic) bond motifs is 2. The van der Waals surface area contributed by atoms with Crippen LogP contribution in [-0.2, 0) is 19.6 Å². The van der Waals surface area contributed by atoms with Crippen molar-refractivity contribution in [2.45, 2.75) is 19.6 Å². The van der Waals surface area contributed by atoms with Gasteiger partial charge in [0.1, 0.15) is 5.52 Å². The summed E-state index contributed by atoms with van der Waals surface area (Å²) < 4.78 is 2.40. The molecule has 2 aromatic heterocycles. The fourth-order valence-corrected chi connectivity index (χ4v) is 3.15. The van der Waals surface area contributed by atoms with E-state index < -0.39 is 0 Å². The molecule has 0 radical (unpaired) electrons. The second-order valence-electron chi connectivity index (χ2n) is 5.29. The van der Waals surface area contributed by atoms with Crippen molar-refractivity contribution in [1.29, 1.82) is 0 Å². The Balaban J connectivity index is 1.83. The van der Waals surface area contributed by atoms with Crippen molar-refractivity contribution >= 4 is 23.3 Å². The molecule has 0 fully saturated rings. The lowest BCUT2D eigenvalue weighted by Crippen LogP contribution is -2.14. The number of H-pyrrole nitrogens is 2. The van der Waals surface area contributed by atoms with Crippen LogP contribution in [0.1, 0.15) is 16.7 Å². The lowest BCUT2D eigenvalue weighted by molar-refractivity contribution is 0.763. The van der Waals surface area contributed by atoms with Crippen LogP contribution in [0.25, 0.3) is 11.0 Å². The van der Waals surface area contributed by atoms with Gasteiger partial charge in [-0.05, 0) is 35.0 Å². The summed E-state index contributed by atoms with van der Waals surface area (Å²) in [7, 11) is 0. The summed E-state index contributed by atoms with van der Waals surface area (Å²) in [6, 6.07) is 8.38. The van der Waals surface area contributed by atoms with Crippen molar-refractivity contribution in [2.75, 3.05) is 0 Å². The molecule has 0 amide bonds. The van der Waals surface area contributed by atoms with E-state index in [1.807, 2.05) is 10.6 Å². The summed E-state index contributed by atoms with van der Waals surface area (Å²) in [5.74, 6) is 0. The molecule has 0 aliphatic carbocycles. The maximum atomic E-state index is 11.8. The van der Waals surface area contributed by atoms with Gasteiger partial charge in [0.15, 0.2) is 4.77 Å². The summed E-state index contributed by atoms with van der Waals surface area (Å²) in [5, 5.41) is 3.34. The van der Waals surface area contributed by atoms with Crippen LogP contribution in [0.2, 0.25) is 0 Å². The van der Waals surface area contributed by atoms with Gasteiger partial charge in [-0.3, -0.25) is 9.78 Å². The van der Waals surface area contributed by atoms with E-state index in [2.05, 4.69) is 33.5 Å². The topological polar surface area (TPSA) is 65.6 Å². The highest BCUT2D eigenvalue weighted by Gasteiger charge is 2.11. The number of aromatic nitrogens is 3. The monoisotopic (exact) mass is 298 g/mol. The quantitative estimate of drug-likeness (QED) is 0.634. The van der Waals surface area contributed by atoms with Crippen LogP contribution < -0.4 is 10.9 Å². The summed E-state index contributed by atoms with van der Waals surface area (Å²) in [5.41, 5.74) is 5.11. The predicted molar refractivity (Wildman–Crippen MR) is 83.8 cm³/mol. The van der Waals surface area contributed by atoms with Gasteiger partial charge in [0.05, 0.1) is 12.1 Å². The highest BCUT2D eigenvalue weighted by molar-refractivity contribution is 7.71. The molecule has 6 heteroatoms. The van der Waals surface area contributed by atoms with Gasteiger partial charge < -0.3 is 14.9 Å². The average molecular weight is 298 g/mol. The number of hydrogen-bond donors (Lipinski definition) is 3. The number of aromatic amines is 2. The zero-order chi connectivity index (χ0) is 14.4. The van der Waals surface area contributed by atoms with Crippen LogP contribution in [0.4, 0.5) is 0 Å². The Morgan fingerprint density at radius 1 is 1.19 bits per heavy atom. The minimum atomic E-state index is -0.172. The first kappa shape index (κ1) is 12.6. The Kier molecular flexibility index (Phi) is 2.80. The third-order valence-corrected chi connectivity index (χ3v) is 4.27. The first-order valence-corrected chi connectivity index (χ1v) is 7.25. The average Bonchev–Trinajstić information content (AvgIpc) is 3.11. The standard InChI is InChI=1S/C15H14N4OS/c20-14-13-12(3-4-17-13)19(15(21)18-14)8-9-1-2-10-6-16-7-11(10)5-9/h1-5,16-17H,6-8H2,(H,18,20,21). The lowest BCUT2D eigenvalue weighted by Gasteiger charge is -2.10. The predicted octanol–water partition coefficient (Wildman–Crippen LogP) is 2.04. The van der Waals surface area contributed by atoms with E-state index >= 15 is 0 Å². The maximum absolute atomic E-state index is 11.8. The molecule has 0 saturated heterocycles. The van der Waals surface area contributed by atoms with E-state index in [0.717, 1.165) is 18.6 Å². The zero-order valence-electron chi connectivity index (χ0n) is 11.3. The van der Waals surface area contributed by atoms with Crippen LogP contribution in [0.15, 0.2) is 35.3 Å². The molecule has 0 bridgehead atoms. The first-order chi connectivity index (χ1) is 10.2. The number of nitrogens with zero attached hydrogens (tertiary/aromatic N) is 1. The molecule has 3 N–H and O–H groups in total. The molecule has 1 aliphatic heterocycles. The fourth-order valence-electron chi connectivity index (χ4n) is 2.89. The second-order valence-corrected chi connectivity index (χ2v) is 5.68. The molecule has 106 valence electrons. The first-order valence-electron chi connectivity index (χ1n) is 6.84. The Labute approximate surface area is 125 Å². The van der Waals surface area contributed by atoms with Crippen molar-refractivity contribution in [3.63, 3.8) is 0 Å². The molecule has 0 unspecified atom stereocenters. The van der Waals surface area contributed by atoms with Crippen molar-refractivity contribution in [2.24, 2.45) is 0 Å². The minimum Gasteiger partial charge on any atom is -0.355 e. The van der Waals surface area contributed by atoms with Crippen molar-refractivity contribution in [1.82, 2.24) is 19.9 Å². The molecule has 5 nitrogen and oxygen atoms in total. The molecule has 0 atom stereocenters. The van der Waals surface area contributed by atoms with Crippen LogP contribution in [0.3, 0.4) is 0 Å². The highest BCUT2D eigenvalue weighted by Crippen LogP contribution is 2.19. The van der Waals surface area contributed by atoms with E-state index in [-0.39, 0.29) is 5.56 Å². The Morgan fingerprint density at radius 3 is 2.95 bits per heavy atom. The van der Waals surface area contributed by atoms with Crippen LogP contribution in [0.5, 0.6) is 0 Å². The molecular weight excluding hydrogens is 284 g/mol. The van der Waals surface area contributed by atoms with E-state index in [4.69, 9.17) is 12.2 Å². The van der Waals surface area contributed by atoms with Gasteiger partial charge in [-0.15, -0.1) is 0 Å².